The Balaban J connectivity index is 0.00000144. The molecule has 1 unspecified atom stereocenters. The van der Waals surface area contributed by atoms with E-state index in [0.29, 0.717) is 11.9 Å². The molecule has 1 atom stereocenters. The lowest BCUT2D eigenvalue weighted by Crippen LogP contribution is -2.48. The molecule has 3 aromatic heterocycles. The van der Waals surface area contributed by atoms with Gasteiger partial charge in [0.05, 0.1) is 11.3 Å². The maximum atomic E-state index is 6.29. The van der Waals surface area contributed by atoms with Gasteiger partial charge in [-0.05, 0) is 67.3 Å². The molecule has 1 aromatic carbocycles. The quantitative estimate of drug-likeness (QED) is 0.365. The number of rotatable bonds is 5. The van der Waals surface area contributed by atoms with E-state index in [9.17, 15) is 0 Å². The summed E-state index contributed by atoms with van der Waals surface area (Å²) in [5, 5.41) is 3.51. The molecule has 4 heterocycles. The largest absolute Gasteiger partial charge is 0.383 e. The maximum Gasteiger partial charge on any atom is 0.165 e. The number of hydrogen-bond donors (Lipinski definition) is 2. The summed E-state index contributed by atoms with van der Waals surface area (Å²) >= 11 is 0. The van der Waals surface area contributed by atoms with Crippen LogP contribution in [0.15, 0.2) is 73.0 Å². The number of nitrogens with zero attached hydrogens (tertiary/aromatic N) is 5. The number of aromatic nitrogens is 4. The van der Waals surface area contributed by atoms with Crippen molar-refractivity contribution in [2.75, 3.05) is 25.4 Å². The zero-order valence-corrected chi connectivity index (χ0v) is 22.6. The topological polar surface area (TPSA) is 84.9 Å². The summed E-state index contributed by atoms with van der Waals surface area (Å²) in [6, 6.07) is 17.2. The van der Waals surface area contributed by atoms with E-state index < -0.39 is 0 Å². The molecule has 1 fully saturated rings. The van der Waals surface area contributed by atoms with Gasteiger partial charge in [0.1, 0.15) is 11.3 Å². The average molecular weight is 508 g/mol. The fraction of sp³-hybridized carbons (Fsp3) is 0.323. The number of nitrogen functional groups attached to an aromatic ring is 1. The van der Waals surface area contributed by atoms with Gasteiger partial charge in [0, 0.05) is 44.1 Å². The fourth-order valence-electron chi connectivity index (χ4n) is 5.12. The number of nitrogens with two attached hydrogens (primary N) is 1. The minimum atomic E-state index is 0.455. The predicted octanol–water partition coefficient (Wildman–Crippen LogP) is 5.62. The van der Waals surface area contributed by atoms with Crippen molar-refractivity contribution in [3.8, 4) is 17.1 Å². The Kier molecular flexibility index (Phi) is 7.96. The third-order valence-electron chi connectivity index (χ3n) is 6.93. The standard InChI is InChI=1S/C29H31N7.C2H6/c1-20-18-35(17-16-31-20)19-21-9-11-23(12-10-21)36-28(24-8-5-15-32-27(24)30)34-26-14-13-25(33-29(26)36)22-6-3-2-4-7-22;1-2/h3,5-15,20,31H,2,4,16-19H2,1H3,(H2,30,32);1-2H3. The zero-order chi connectivity index (χ0) is 26.5. The SMILES string of the molecule is CC.CC1CN(Cc2ccc(-n3c(-c4cccnc4N)nc4ccc(C5=CCCC=C5)nc43)cc2)CCN1. The highest BCUT2D eigenvalue weighted by atomic mass is 15.2. The third kappa shape index (κ3) is 5.39. The van der Waals surface area contributed by atoms with Gasteiger partial charge in [0.25, 0.3) is 0 Å². The predicted molar refractivity (Wildman–Crippen MR) is 157 cm³/mol. The third-order valence-corrected chi connectivity index (χ3v) is 6.93. The molecule has 0 saturated carbocycles. The molecule has 196 valence electrons. The second-order valence-corrected chi connectivity index (χ2v) is 9.64. The molecule has 0 amide bonds. The summed E-state index contributed by atoms with van der Waals surface area (Å²) in [4.78, 5) is 16.9. The molecule has 0 spiro atoms. The number of benzene rings is 1. The lowest BCUT2D eigenvalue weighted by Gasteiger charge is -2.31. The molecular weight excluding hydrogens is 470 g/mol. The number of anilines is 1. The van der Waals surface area contributed by atoms with Gasteiger partial charge in [0.2, 0.25) is 0 Å². The van der Waals surface area contributed by atoms with Crippen LogP contribution in [-0.2, 0) is 6.54 Å². The number of nitrogens with one attached hydrogen (secondary N) is 1. The van der Waals surface area contributed by atoms with Crippen molar-refractivity contribution in [1.82, 2.24) is 29.7 Å². The van der Waals surface area contributed by atoms with Crippen LogP contribution < -0.4 is 11.1 Å². The molecule has 6 rings (SSSR count). The number of imidazole rings is 1. The van der Waals surface area contributed by atoms with Gasteiger partial charge >= 0.3 is 0 Å². The Bertz CT molecular complexity index is 1450. The molecule has 2 aliphatic rings. The first-order chi connectivity index (χ1) is 18.7. The molecule has 4 aromatic rings. The average Bonchev–Trinajstić information content (AvgIpc) is 3.34. The lowest BCUT2D eigenvalue weighted by atomic mass is 10.0. The summed E-state index contributed by atoms with van der Waals surface area (Å²) in [6.07, 6.45) is 10.4. The molecule has 3 N–H and O–H groups in total. The molecule has 7 heteroatoms. The van der Waals surface area contributed by atoms with Gasteiger partial charge < -0.3 is 11.1 Å². The summed E-state index contributed by atoms with van der Waals surface area (Å²) in [6.45, 7) is 10.4. The van der Waals surface area contributed by atoms with Crippen molar-refractivity contribution in [1.29, 1.82) is 0 Å². The maximum absolute atomic E-state index is 6.29. The van der Waals surface area contributed by atoms with Crippen LogP contribution in [-0.4, -0.2) is 50.1 Å². The number of fused-ring (bicyclic) bond motifs is 1. The van der Waals surface area contributed by atoms with Crippen LogP contribution in [0.25, 0.3) is 33.8 Å². The van der Waals surface area contributed by atoms with Crippen LogP contribution in [0.2, 0.25) is 0 Å². The van der Waals surface area contributed by atoms with Crippen molar-refractivity contribution in [3.63, 3.8) is 0 Å². The molecule has 1 aliphatic carbocycles. The van der Waals surface area contributed by atoms with Crippen molar-refractivity contribution < 1.29 is 0 Å². The smallest absolute Gasteiger partial charge is 0.165 e. The van der Waals surface area contributed by atoms with E-state index in [2.05, 4.69) is 75.3 Å². The zero-order valence-electron chi connectivity index (χ0n) is 22.6. The van der Waals surface area contributed by atoms with Gasteiger partial charge in [0.15, 0.2) is 11.5 Å². The van der Waals surface area contributed by atoms with Crippen LogP contribution in [0.5, 0.6) is 0 Å². The second kappa shape index (κ2) is 11.7. The molecule has 1 aliphatic heterocycles. The first kappa shape index (κ1) is 25.8. The van der Waals surface area contributed by atoms with Crippen LogP contribution >= 0.6 is 0 Å². The van der Waals surface area contributed by atoms with Crippen molar-refractivity contribution in [3.05, 3.63) is 84.2 Å². The first-order valence-electron chi connectivity index (χ1n) is 13.7. The van der Waals surface area contributed by atoms with E-state index >= 15 is 0 Å². The molecule has 0 radical (unpaired) electrons. The van der Waals surface area contributed by atoms with E-state index in [-0.39, 0.29) is 0 Å². The van der Waals surface area contributed by atoms with Gasteiger partial charge in [-0.25, -0.2) is 15.0 Å². The number of pyridine rings is 2. The van der Waals surface area contributed by atoms with Gasteiger partial charge in [-0.2, -0.15) is 0 Å². The van der Waals surface area contributed by atoms with Crippen molar-refractivity contribution in [2.24, 2.45) is 0 Å². The van der Waals surface area contributed by atoms with E-state index in [4.69, 9.17) is 15.7 Å². The summed E-state index contributed by atoms with van der Waals surface area (Å²) in [5.74, 6) is 1.20. The molecule has 7 nitrogen and oxygen atoms in total. The van der Waals surface area contributed by atoms with E-state index in [0.717, 1.165) is 78.5 Å². The van der Waals surface area contributed by atoms with Gasteiger partial charge in [-0.3, -0.25) is 9.47 Å². The second-order valence-electron chi connectivity index (χ2n) is 9.64. The van der Waals surface area contributed by atoms with E-state index in [1.54, 1.807) is 6.20 Å². The number of piperazine rings is 1. The van der Waals surface area contributed by atoms with Crippen molar-refractivity contribution in [2.45, 2.75) is 46.2 Å². The Hall–Kier alpha value is -3.81. The van der Waals surface area contributed by atoms with E-state index in [1.807, 2.05) is 32.0 Å². The minimum absolute atomic E-state index is 0.455. The Morgan fingerprint density at radius 3 is 2.61 bits per heavy atom. The van der Waals surface area contributed by atoms with Crippen LogP contribution in [0.3, 0.4) is 0 Å². The molecular formula is C31H37N7. The van der Waals surface area contributed by atoms with Crippen LogP contribution in [0.1, 0.15) is 44.9 Å². The highest BCUT2D eigenvalue weighted by Gasteiger charge is 2.20. The van der Waals surface area contributed by atoms with Gasteiger partial charge in [-0.1, -0.05) is 44.2 Å². The Labute approximate surface area is 225 Å². The monoisotopic (exact) mass is 507 g/mol. The van der Waals surface area contributed by atoms with Crippen LogP contribution in [0.4, 0.5) is 5.82 Å². The first-order valence-corrected chi connectivity index (χ1v) is 13.7. The minimum Gasteiger partial charge on any atom is -0.383 e. The fourth-order valence-corrected chi connectivity index (χ4v) is 5.12. The molecule has 38 heavy (non-hydrogen) atoms. The molecule has 0 bridgehead atoms. The van der Waals surface area contributed by atoms with Crippen LogP contribution in [0, 0.1) is 0 Å². The normalized spacial score (nSPS) is 17.7. The Morgan fingerprint density at radius 2 is 1.87 bits per heavy atom. The highest BCUT2D eigenvalue weighted by molar-refractivity contribution is 5.85. The summed E-state index contributed by atoms with van der Waals surface area (Å²) in [7, 11) is 0. The summed E-state index contributed by atoms with van der Waals surface area (Å²) < 4.78 is 2.11. The van der Waals surface area contributed by atoms with Crippen molar-refractivity contribution >= 4 is 22.6 Å². The number of allylic oxidation sites excluding steroid dienone is 4. The highest BCUT2D eigenvalue weighted by Crippen LogP contribution is 2.31. The van der Waals surface area contributed by atoms with Gasteiger partial charge in [-0.15, -0.1) is 0 Å². The summed E-state index contributed by atoms with van der Waals surface area (Å²) in [5.41, 5.74) is 13.1. The van der Waals surface area contributed by atoms with E-state index in [1.165, 1.54) is 5.56 Å². The molecule has 1 saturated heterocycles. The Morgan fingerprint density at radius 1 is 1.03 bits per heavy atom. The number of hydrogen-bond acceptors (Lipinski definition) is 6. The lowest BCUT2D eigenvalue weighted by molar-refractivity contribution is 0.199.